The first-order valence-corrected chi connectivity index (χ1v) is 6.62. The number of ether oxygens (including phenoxy) is 2. The molecule has 2 aliphatic rings. The molecule has 0 spiro atoms. The van der Waals surface area contributed by atoms with Gasteiger partial charge in [0.25, 0.3) is 0 Å². The Hall–Kier alpha value is -1.48. The van der Waals surface area contributed by atoms with E-state index >= 15 is 0 Å². The Balaban J connectivity index is 1.92. The van der Waals surface area contributed by atoms with Crippen LogP contribution in [0.25, 0.3) is 0 Å². The molecule has 0 bridgehead atoms. The van der Waals surface area contributed by atoms with Crippen LogP contribution in [0.2, 0.25) is 0 Å². The van der Waals surface area contributed by atoms with Gasteiger partial charge < -0.3 is 14.8 Å². The van der Waals surface area contributed by atoms with Crippen molar-refractivity contribution in [2.45, 2.75) is 24.8 Å². The molecule has 2 unspecified atom stereocenters. The third-order valence-electron chi connectivity index (χ3n) is 3.76. The number of para-hydroxylation sites is 1. The van der Waals surface area contributed by atoms with Crippen molar-refractivity contribution in [2.75, 3.05) is 20.3 Å². The summed E-state index contributed by atoms with van der Waals surface area (Å²) in [6.45, 7) is 1.60. The number of likely N-dealkylation sites (N-methyl/N-ethyl adjacent to an activating group) is 1. The van der Waals surface area contributed by atoms with Crippen molar-refractivity contribution < 1.29 is 9.47 Å². The molecular weight excluding hydrogens is 226 g/mol. The van der Waals surface area contributed by atoms with Gasteiger partial charge in [0.1, 0.15) is 11.5 Å². The van der Waals surface area contributed by atoms with Crippen molar-refractivity contribution in [1.29, 1.82) is 0 Å². The van der Waals surface area contributed by atoms with Crippen molar-refractivity contribution in [1.82, 2.24) is 5.32 Å². The summed E-state index contributed by atoms with van der Waals surface area (Å²) in [6, 6.07) is 8.59. The van der Waals surface area contributed by atoms with Crippen LogP contribution in [0, 0.1) is 0 Å². The Labute approximate surface area is 108 Å². The van der Waals surface area contributed by atoms with Crippen molar-refractivity contribution in [3.8, 4) is 5.75 Å². The normalized spacial score (nSPS) is 23.6. The minimum absolute atomic E-state index is 0.262. The van der Waals surface area contributed by atoms with Crippen LogP contribution in [0.15, 0.2) is 36.1 Å². The minimum Gasteiger partial charge on any atom is -0.496 e. The first-order chi connectivity index (χ1) is 8.90. The summed E-state index contributed by atoms with van der Waals surface area (Å²) in [4.78, 5) is 0. The van der Waals surface area contributed by atoms with E-state index < -0.39 is 0 Å². The van der Waals surface area contributed by atoms with Gasteiger partial charge in [-0.05, 0) is 31.2 Å². The Morgan fingerprint density at radius 3 is 2.89 bits per heavy atom. The molecule has 2 atom stereocenters. The maximum atomic E-state index is 5.73. The molecule has 2 heterocycles. The highest BCUT2D eigenvalue weighted by Crippen LogP contribution is 2.38. The highest BCUT2D eigenvalue weighted by atomic mass is 16.5. The zero-order chi connectivity index (χ0) is 12.4. The summed E-state index contributed by atoms with van der Waals surface area (Å²) >= 11 is 0. The summed E-state index contributed by atoms with van der Waals surface area (Å²) in [5.74, 6) is 2.55. The Bertz CT molecular complexity index is 456. The van der Waals surface area contributed by atoms with Crippen molar-refractivity contribution in [2.24, 2.45) is 0 Å². The zero-order valence-electron chi connectivity index (χ0n) is 10.7. The van der Waals surface area contributed by atoms with E-state index in [2.05, 4.69) is 29.6 Å². The fourth-order valence-corrected chi connectivity index (χ4v) is 2.91. The predicted octanol–water partition coefficient (Wildman–Crippen LogP) is 2.44. The molecule has 18 heavy (non-hydrogen) atoms. The van der Waals surface area contributed by atoms with Gasteiger partial charge in [-0.3, -0.25) is 0 Å². The molecular formula is C15H19NO2. The fourth-order valence-electron chi connectivity index (χ4n) is 2.91. The van der Waals surface area contributed by atoms with Crippen LogP contribution in [0.1, 0.15) is 24.3 Å². The smallest absolute Gasteiger partial charge is 0.122 e. The monoisotopic (exact) mass is 245 g/mol. The predicted molar refractivity (Wildman–Crippen MR) is 70.8 cm³/mol. The molecule has 0 saturated carbocycles. The summed E-state index contributed by atoms with van der Waals surface area (Å²) in [5.41, 5.74) is 1.29. The summed E-state index contributed by atoms with van der Waals surface area (Å²) < 4.78 is 11.5. The summed E-state index contributed by atoms with van der Waals surface area (Å²) in [5, 5.41) is 3.41. The van der Waals surface area contributed by atoms with E-state index in [1.807, 2.05) is 13.1 Å². The van der Waals surface area contributed by atoms with Gasteiger partial charge in [-0.15, -0.1) is 0 Å². The number of rotatable bonds is 3. The van der Waals surface area contributed by atoms with E-state index in [1.54, 1.807) is 0 Å². The highest BCUT2D eigenvalue weighted by molar-refractivity contribution is 5.40. The molecule has 1 N–H and O–H groups in total. The second kappa shape index (κ2) is 5.02. The van der Waals surface area contributed by atoms with Crippen LogP contribution >= 0.6 is 0 Å². The van der Waals surface area contributed by atoms with Crippen molar-refractivity contribution in [3.63, 3.8) is 0 Å². The lowest BCUT2D eigenvalue weighted by Gasteiger charge is -2.32. The maximum Gasteiger partial charge on any atom is 0.122 e. The molecule has 3 rings (SSSR count). The van der Waals surface area contributed by atoms with E-state index in [1.165, 1.54) is 5.56 Å². The average molecular weight is 245 g/mol. The molecule has 1 aromatic carbocycles. The SMILES string of the molecule is CNC(C1=CCCO1)C1CCOc2ccccc21. The second-order valence-electron chi connectivity index (χ2n) is 4.79. The maximum absolute atomic E-state index is 5.73. The van der Waals surface area contributed by atoms with E-state index in [-0.39, 0.29) is 6.04 Å². The molecule has 0 aliphatic carbocycles. The van der Waals surface area contributed by atoms with Crippen molar-refractivity contribution in [3.05, 3.63) is 41.7 Å². The van der Waals surface area contributed by atoms with Gasteiger partial charge >= 0.3 is 0 Å². The molecule has 0 aromatic heterocycles. The molecule has 0 fully saturated rings. The number of nitrogens with one attached hydrogen (secondary N) is 1. The number of hydrogen-bond donors (Lipinski definition) is 1. The lowest BCUT2D eigenvalue weighted by atomic mass is 9.85. The fraction of sp³-hybridized carbons (Fsp3) is 0.467. The van der Waals surface area contributed by atoms with Crippen LogP contribution in [-0.4, -0.2) is 26.3 Å². The molecule has 3 nitrogen and oxygen atoms in total. The zero-order valence-corrected chi connectivity index (χ0v) is 10.7. The molecule has 3 heteroatoms. The number of fused-ring (bicyclic) bond motifs is 1. The van der Waals surface area contributed by atoms with E-state index in [0.29, 0.717) is 5.92 Å². The summed E-state index contributed by atoms with van der Waals surface area (Å²) in [7, 11) is 2.01. The topological polar surface area (TPSA) is 30.5 Å². The molecule has 0 radical (unpaired) electrons. The molecule has 96 valence electrons. The molecule has 0 saturated heterocycles. The molecule has 2 aliphatic heterocycles. The quantitative estimate of drug-likeness (QED) is 0.887. The van der Waals surface area contributed by atoms with Crippen molar-refractivity contribution >= 4 is 0 Å². The third kappa shape index (κ3) is 1.99. The Morgan fingerprint density at radius 1 is 1.22 bits per heavy atom. The van der Waals surface area contributed by atoms with Gasteiger partial charge in [0.15, 0.2) is 0 Å². The summed E-state index contributed by atoms with van der Waals surface area (Å²) in [6.07, 6.45) is 4.26. The van der Waals surface area contributed by atoms with Gasteiger partial charge in [0.05, 0.1) is 19.3 Å². The van der Waals surface area contributed by atoms with Crippen LogP contribution in [-0.2, 0) is 4.74 Å². The first kappa shape index (κ1) is 11.6. The largest absolute Gasteiger partial charge is 0.496 e. The van der Waals surface area contributed by atoms with Crippen LogP contribution in [0.3, 0.4) is 0 Å². The number of hydrogen-bond acceptors (Lipinski definition) is 3. The lowest BCUT2D eigenvalue weighted by Crippen LogP contribution is -2.36. The minimum atomic E-state index is 0.262. The van der Waals surface area contributed by atoms with Gasteiger partial charge in [-0.25, -0.2) is 0 Å². The van der Waals surface area contributed by atoms with Crippen LogP contribution < -0.4 is 10.1 Å². The van der Waals surface area contributed by atoms with Crippen LogP contribution in [0.5, 0.6) is 5.75 Å². The first-order valence-electron chi connectivity index (χ1n) is 6.62. The van der Waals surface area contributed by atoms with E-state index in [4.69, 9.17) is 9.47 Å². The lowest BCUT2D eigenvalue weighted by molar-refractivity contribution is 0.190. The van der Waals surface area contributed by atoms with Gasteiger partial charge in [0.2, 0.25) is 0 Å². The Morgan fingerprint density at radius 2 is 2.11 bits per heavy atom. The number of benzene rings is 1. The average Bonchev–Trinajstić information content (AvgIpc) is 2.94. The van der Waals surface area contributed by atoms with E-state index in [0.717, 1.165) is 37.6 Å². The van der Waals surface area contributed by atoms with Crippen LogP contribution in [0.4, 0.5) is 0 Å². The van der Waals surface area contributed by atoms with Gasteiger partial charge in [0, 0.05) is 12.3 Å². The third-order valence-corrected chi connectivity index (χ3v) is 3.76. The highest BCUT2D eigenvalue weighted by Gasteiger charge is 2.31. The van der Waals surface area contributed by atoms with Gasteiger partial charge in [-0.2, -0.15) is 0 Å². The van der Waals surface area contributed by atoms with Gasteiger partial charge in [-0.1, -0.05) is 18.2 Å². The second-order valence-corrected chi connectivity index (χ2v) is 4.79. The Kier molecular flexibility index (Phi) is 3.24. The standard InChI is InChI=1S/C15H19NO2/c1-16-15(14-7-4-9-17-14)12-8-10-18-13-6-3-2-5-11(12)13/h2-3,5-7,12,15-16H,4,8-10H2,1H3. The molecule has 0 amide bonds. The van der Waals surface area contributed by atoms with E-state index in [9.17, 15) is 0 Å². The molecule has 1 aromatic rings.